The van der Waals surface area contributed by atoms with Gasteiger partial charge in [0.2, 0.25) is 0 Å². The van der Waals surface area contributed by atoms with Crippen molar-refractivity contribution >= 4 is 32.6 Å². The van der Waals surface area contributed by atoms with Gasteiger partial charge in [0.05, 0.1) is 23.7 Å². The van der Waals surface area contributed by atoms with Crippen LogP contribution in [0.2, 0.25) is 0 Å². The Labute approximate surface area is 167 Å². The van der Waals surface area contributed by atoms with Crippen molar-refractivity contribution in [2.45, 2.75) is 37.1 Å². The first-order valence-electron chi connectivity index (χ1n) is 9.11. The van der Waals surface area contributed by atoms with Gasteiger partial charge in [0.25, 0.3) is 10.0 Å². The maximum Gasteiger partial charge on any atom is 0.304 e. The van der Waals surface area contributed by atoms with Crippen LogP contribution in [-0.2, 0) is 14.8 Å². The number of carboxylic acid groups (broad SMARTS) is 1. The van der Waals surface area contributed by atoms with Crippen LogP contribution in [-0.4, -0.2) is 30.5 Å². The van der Waals surface area contributed by atoms with Gasteiger partial charge in [0.1, 0.15) is 10.7 Å². The van der Waals surface area contributed by atoms with Crippen LogP contribution < -0.4 is 4.31 Å². The van der Waals surface area contributed by atoms with Gasteiger partial charge in [0, 0.05) is 17.5 Å². The maximum atomic E-state index is 13.9. The normalized spacial score (nSPS) is 18.8. The lowest BCUT2D eigenvalue weighted by molar-refractivity contribution is -0.137. The van der Waals surface area contributed by atoms with Gasteiger partial charge >= 0.3 is 5.97 Å². The average Bonchev–Trinajstić information content (AvgIpc) is 2.92. The molecule has 2 unspecified atom stereocenters. The molecule has 1 N–H and O–H groups in total. The summed E-state index contributed by atoms with van der Waals surface area (Å²) in [4.78, 5) is 15.7. The lowest BCUT2D eigenvalue weighted by atomic mass is 9.93. The van der Waals surface area contributed by atoms with E-state index >= 15 is 0 Å². The summed E-state index contributed by atoms with van der Waals surface area (Å²) < 4.78 is 42.4. The fourth-order valence-electron chi connectivity index (χ4n) is 4.04. The SMILES string of the molecule is Cc1cnc2c(S(=O)(=O)N3c4ccc(F)cc4C(CC(=O)O)C3C)cccc2c1. The Bertz CT molecular complexity index is 1240. The molecule has 0 amide bonds. The minimum atomic E-state index is -4.07. The van der Waals surface area contributed by atoms with Crippen LogP contribution >= 0.6 is 0 Å². The number of aromatic nitrogens is 1. The van der Waals surface area contributed by atoms with E-state index in [0.29, 0.717) is 22.2 Å². The lowest BCUT2D eigenvalue weighted by Crippen LogP contribution is -2.37. The number of hydrogen-bond acceptors (Lipinski definition) is 4. The van der Waals surface area contributed by atoms with Crippen molar-refractivity contribution < 1.29 is 22.7 Å². The Balaban J connectivity index is 1.91. The summed E-state index contributed by atoms with van der Waals surface area (Å²) in [5, 5.41) is 9.98. The molecular weight excluding hydrogens is 395 g/mol. The molecule has 4 rings (SSSR count). The average molecular weight is 414 g/mol. The van der Waals surface area contributed by atoms with E-state index in [2.05, 4.69) is 4.98 Å². The first kappa shape index (κ1) is 19.3. The molecule has 2 aromatic carbocycles. The molecule has 0 aliphatic carbocycles. The van der Waals surface area contributed by atoms with E-state index in [0.717, 1.165) is 5.56 Å². The number of halogens is 1. The first-order valence-corrected chi connectivity index (χ1v) is 10.5. The summed E-state index contributed by atoms with van der Waals surface area (Å²) in [5.41, 5.74) is 1.93. The van der Waals surface area contributed by atoms with Gasteiger partial charge in [-0.1, -0.05) is 12.1 Å². The number of para-hydroxylation sites is 1. The molecule has 0 bridgehead atoms. The second-order valence-corrected chi connectivity index (χ2v) is 9.07. The summed E-state index contributed by atoms with van der Waals surface area (Å²) in [7, 11) is -4.07. The smallest absolute Gasteiger partial charge is 0.304 e. The number of pyridine rings is 1. The summed E-state index contributed by atoms with van der Waals surface area (Å²) >= 11 is 0. The number of nitrogens with zero attached hydrogens (tertiary/aromatic N) is 2. The number of aryl methyl sites for hydroxylation is 1. The second kappa shape index (κ2) is 6.81. The Kier molecular flexibility index (Phi) is 4.53. The van der Waals surface area contributed by atoms with Crippen molar-refractivity contribution in [1.82, 2.24) is 4.98 Å². The van der Waals surface area contributed by atoms with Crippen LogP contribution in [0.25, 0.3) is 10.9 Å². The molecule has 0 radical (unpaired) electrons. The Morgan fingerprint density at radius 1 is 1.24 bits per heavy atom. The van der Waals surface area contributed by atoms with Gasteiger partial charge in [-0.05, 0) is 55.3 Å². The molecule has 0 fully saturated rings. The van der Waals surface area contributed by atoms with Crippen molar-refractivity contribution in [2.24, 2.45) is 0 Å². The summed E-state index contributed by atoms with van der Waals surface area (Å²) in [6.45, 7) is 3.52. The van der Waals surface area contributed by atoms with E-state index in [1.54, 1.807) is 25.3 Å². The van der Waals surface area contributed by atoms with Crippen LogP contribution in [0.3, 0.4) is 0 Å². The molecule has 0 saturated carbocycles. The van der Waals surface area contributed by atoms with Gasteiger partial charge in [0.15, 0.2) is 0 Å². The Morgan fingerprint density at radius 2 is 2.00 bits per heavy atom. The maximum absolute atomic E-state index is 13.9. The highest BCUT2D eigenvalue weighted by atomic mass is 32.2. The van der Waals surface area contributed by atoms with Crippen molar-refractivity contribution in [3.8, 4) is 0 Å². The monoisotopic (exact) mass is 414 g/mol. The number of carboxylic acids is 1. The molecule has 1 aliphatic rings. The fraction of sp³-hybridized carbons (Fsp3) is 0.238. The summed E-state index contributed by atoms with van der Waals surface area (Å²) in [6.07, 6.45) is 1.31. The highest BCUT2D eigenvalue weighted by Gasteiger charge is 2.44. The molecule has 3 aromatic rings. The Hall–Kier alpha value is -3.00. The molecule has 8 heteroatoms. The highest BCUT2D eigenvalue weighted by molar-refractivity contribution is 7.93. The van der Waals surface area contributed by atoms with E-state index < -0.39 is 33.8 Å². The number of benzene rings is 2. The van der Waals surface area contributed by atoms with E-state index in [-0.39, 0.29) is 11.3 Å². The quantitative estimate of drug-likeness (QED) is 0.701. The highest BCUT2D eigenvalue weighted by Crippen LogP contribution is 2.46. The standard InChI is InChI=1S/C21H19FN2O4S/c1-12-8-14-4-3-5-19(21(14)23-11-12)29(27,28)24-13(2)16(10-20(25)26)17-9-15(22)6-7-18(17)24/h3-9,11,13,16H,10H2,1-2H3,(H,25,26). The molecule has 1 aliphatic heterocycles. The predicted molar refractivity (Wildman–Crippen MR) is 107 cm³/mol. The third kappa shape index (κ3) is 3.13. The molecule has 0 spiro atoms. The van der Waals surface area contributed by atoms with Crippen molar-refractivity contribution in [3.63, 3.8) is 0 Å². The van der Waals surface area contributed by atoms with Gasteiger partial charge in [-0.2, -0.15) is 0 Å². The van der Waals surface area contributed by atoms with E-state index in [1.165, 1.54) is 28.6 Å². The number of rotatable bonds is 4. The van der Waals surface area contributed by atoms with Crippen molar-refractivity contribution in [2.75, 3.05) is 4.31 Å². The molecule has 2 heterocycles. The predicted octanol–water partition coefficient (Wildman–Crippen LogP) is 3.84. The van der Waals surface area contributed by atoms with E-state index in [1.807, 2.05) is 13.0 Å². The fourth-order valence-corrected chi connectivity index (χ4v) is 5.93. The molecule has 0 saturated heterocycles. The third-order valence-corrected chi connectivity index (χ3v) is 7.25. The number of carbonyl (C=O) groups is 1. The molecular formula is C21H19FN2O4S. The largest absolute Gasteiger partial charge is 0.481 e. The molecule has 1 aromatic heterocycles. The Morgan fingerprint density at radius 3 is 2.72 bits per heavy atom. The van der Waals surface area contributed by atoms with Gasteiger partial charge in [-0.25, -0.2) is 12.8 Å². The molecule has 6 nitrogen and oxygen atoms in total. The van der Waals surface area contributed by atoms with Crippen molar-refractivity contribution in [1.29, 1.82) is 0 Å². The zero-order valence-corrected chi connectivity index (χ0v) is 16.6. The zero-order chi connectivity index (χ0) is 20.9. The summed E-state index contributed by atoms with van der Waals surface area (Å²) in [5.74, 6) is -2.26. The lowest BCUT2D eigenvalue weighted by Gasteiger charge is -2.27. The minimum Gasteiger partial charge on any atom is -0.481 e. The van der Waals surface area contributed by atoms with Crippen LogP contribution in [0.1, 0.15) is 30.4 Å². The van der Waals surface area contributed by atoms with Crippen molar-refractivity contribution in [3.05, 3.63) is 65.6 Å². The number of aliphatic carboxylic acids is 1. The van der Waals surface area contributed by atoms with E-state index in [4.69, 9.17) is 0 Å². The molecule has 150 valence electrons. The minimum absolute atomic E-state index is 0.0353. The third-order valence-electron chi connectivity index (χ3n) is 5.32. The number of fused-ring (bicyclic) bond motifs is 2. The number of anilines is 1. The van der Waals surface area contributed by atoms with E-state index in [9.17, 15) is 22.7 Å². The van der Waals surface area contributed by atoms with Gasteiger partial charge in [-0.15, -0.1) is 0 Å². The van der Waals surface area contributed by atoms with Crippen LogP contribution in [0.5, 0.6) is 0 Å². The summed E-state index contributed by atoms with van der Waals surface area (Å²) in [6, 6.07) is 9.89. The molecule has 2 atom stereocenters. The number of hydrogen-bond donors (Lipinski definition) is 1. The van der Waals surface area contributed by atoms with Crippen LogP contribution in [0.4, 0.5) is 10.1 Å². The number of sulfonamides is 1. The molecule has 29 heavy (non-hydrogen) atoms. The zero-order valence-electron chi connectivity index (χ0n) is 15.8. The van der Waals surface area contributed by atoms with Crippen LogP contribution in [0.15, 0.2) is 53.6 Å². The topological polar surface area (TPSA) is 87.6 Å². The first-order chi connectivity index (χ1) is 13.7. The van der Waals surface area contributed by atoms with Gasteiger partial charge < -0.3 is 5.11 Å². The van der Waals surface area contributed by atoms with Crippen LogP contribution in [0, 0.1) is 12.7 Å². The van der Waals surface area contributed by atoms with Gasteiger partial charge in [-0.3, -0.25) is 14.1 Å². The second-order valence-electron chi connectivity index (χ2n) is 7.29.